The van der Waals surface area contributed by atoms with E-state index in [-0.39, 0.29) is 0 Å². The molecule has 0 aliphatic heterocycles. The molecule has 0 aliphatic carbocycles. The van der Waals surface area contributed by atoms with E-state index in [4.69, 9.17) is 23.2 Å². The molecule has 0 saturated heterocycles. The van der Waals surface area contributed by atoms with Gasteiger partial charge in [-0.2, -0.15) is 0 Å². The molecule has 0 fully saturated rings. The van der Waals surface area contributed by atoms with Gasteiger partial charge in [0.25, 0.3) is 0 Å². The summed E-state index contributed by atoms with van der Waals surface area (Å²) in [5.41, 5.74) is 4.90. The van der Waals surface area contributed by atoms with Crippen LogP contribution in [0.15, 0.2) is 71.9 Å². The fraction of sp³-hybridized carbons (Fsp3) is 0.192. The maximum atomic E-state index is 12.7. The van der Waals surface area contributed by atoms with Crippen molar-refractivity contribution in [2.45, 2.75) is 37.7 Å². The van der Waals surface area contributed by atoms with Gasteiger partial charge < -0.3 is 10.6 Å². The lowest BCUT2D eigenvalue weighted by molar-refractivity contribution is 0.249. The molecule has 0 unspecified atom stereocenters. The number of para-hydroxylation sites is 1. The minimum atomic E-state index is -0.446. The molecule has 9 heteroatoms. The zero-order chi connectivity index (χ0) is 24.9. The third-order valence-electron chi connectivity index (χ3n) is 5.50. The number of aromatic nitrogens is 3. The number of halogens is 2. The third-order valence-corrected chi connectivity index (χ3v) is 7.11. The summed E-state index contributed by atoms with van der Waals surface area (Å²) in [7, 11) is 0. The van der Waals surface area contributed by atoms with E-state index < -0.39 is 12.1 Å². The molecular formula is C26H25Cl2N5OS. The standard InChI is InChI=1S/C26H25Cl2N5OS/c1-16-11-13-20(14-12-16)33-24(31-32-26(33)35-15-19-8-5-4-7-17(19)2)18(3)29-25(34)30-23-21(27)9-6-10-22(23)28/h4-14,18H,15H2,1-3H3,(H2,29,30,34)/t18-/m0/s1. The number of carbonyl (C=O) groups is 1. The van der Waals surface area contributed by atoms with Gasteiger partial charge in [-0.25, -0.2) is 4.79 Å². The molecule has 180 valence electrons. The number of amides is 2. The van der Waals surface area contributed by atoms with Crippen molar-refractivity contribution in [3.8, 4) is 5.69 Å². The van der Waals surface area contributed by atoms with E-state index in [1.165, 1.54) is 11.1 Å². The highest BCUT2D eigenvalue weighted by Gasteiger charge is 2.22. The van der Waals surface area contributed by atoms with Gasteiger partial charge >= 0.3 is 6.03 Å². The summed E-state index contributed by atoms with van der Waals surface area (Å²) >= 11 is 14.0. The van der Waals surface area contributed by atoms with E-state index in [2.05, 4.69) is 39.9 Å². The van der Waals surface area contributed by atoms with Gasteiger partial charge in [-0.3, -0.25) is 4.57 Å². The van der Waals surface area contributed by atoms with Crippen molar-refractivity contribution in [1.29, 1.82) is 0 Å². The number of hydrogen-bond donors (Lipinski definition) is 2. The predicted octanol–water partition coefficient (Wildman–Crippen LogP) is 7.37. The molecule has 0 radical (unpaired) electrons. The molecule has 1 atom stereocenters. The SMILES string of the molecule is Cc1ccc(-n2c(SCc3ccccc3C)nnc2[C@H](C)NC(=O)Nc2c(Cl)cccc2Cl)cc1. The number of carbonyl (C=O) groups excluding carboxylic acids is 1. The Morgan fingerprint density at radius 3 is 2.34 bits per heavy atom. The van der Waals surface area contributed by atoms with Gasteiger partial charge in [0.2, 0.25) is 0 Å². The Labute approximate surface area is 219 Å². The van der Waals surface area contributed by atoms with Gasteiger partial charge in [-0.15, -0.1) is 10.2 Å². The first kappa shape index (κ1) is 25.1. The average molecular weight is 526 g/mol. The lowest BCUT2D eigenvalue weighted by Crippen LogP contribution is -2.32. The summed E-state index contributed by atoms with van der Waals surface area (Å²) in [5, 5.41) is 16.0. The number of nitrogens with zero attached hydrogens (tertiary/aromatic N) is 3. The van der Waals surface area contributed by atoms with E-state index in [0.29, 0.717) is 21.6 Å². The van der Waals surface area contributed by atoms with Crippen molar-refractivity contribution >= 4 is 46.7 Å². The van der Waals surface area contributed by atoms with Crippen LogP contribution in [0, 0.1) is 13.8 Å². The minimum Gasteiger partial charge on any atom is -0.328 e. The number of benzene rings is 3. The molecule has 1 heterocycles. The summed E-state index contributed by atoms with van der Waals surface area (Å²) in [6.45, 7) is 6.00. The second-order valence-electron chi connectivity index (χ2n) is 8.14. The Hall–Kier alpha value is -3.00. The predicted molar refractivity (Wildman–Crippen MR) is 144 cm³/mol. The highest BCUT2D eigenvalue weighted by atomic mass is 35.5. The molecular weight excluding hydrogens is 501 g/mol. The molecule has 6 nitrogen and oxygen atoms in total. The summed E-state index contributed by atoms with van der Waals surface area (Å²) in [5.74, 6) is 1.37. The van der Waals surface area contributed by atoms with Crippen LogP contribution < -0.4 is 10.6 Å². The lowest BCUT2D eigenvalue weighted by Gasteiger charge is -2.17. The van der Waals surface area contributed by atoms with Crippen molar-refractivity contribution < 1.29 is 4.79 Å². The van der Waals surface area contributed by atoms with Crippen LogP contribution >= 0.6 is 35.0 Å². The number of rotatable bonds is 7. The molecule has 1 aromatic heterocycles. The number of urea groups is 1. The first-order valence-corrected chi connectivity index (χ1v) is 12.8. The molecule has 3 aromatic carbocycles. The smallest absolute Gasteiger partial charge is 0.319 e. The average Bonchev–Trinajstić information content (AvgIpc) is 3.25. The van der Waals surface area contributed by atoms with Crippen LogP contribution in [0.3, 0.4) is 0 Å². The van der Waals surface area contributed by atoms with Crippen molar-refractivity contribution in [3.63, 3.8) is 0 Å². The van der Waals surface area contributed by atoms with Crippen LogP contribution in [0.25, 0.3) is 5.69 Å². The zero-order valence-electron chi connectivity index (χ0n) is 19.5. The molecule has 2 amide bonds. The Kier molecular flexibility index (Phi) is 8.00. The quantitative estimate of drug-likeness (QED) is 0.247. The van der Waals surface area contributed by atoms with E-state index in [1.807, 2.05) is 54.8 Å². The van der Waals surface area contributed by atoms with Gasteiger partial charge in [0.1, 0.15) is 0 Å². The Morgan fingerprint density at radius 1 is 0.971 bits per heavy atom. The van der Waals surface area contributed by atoms with Crippen molar-refractivity contribution in [2.24, 2.45) is 0 Å². The van der Waals surface area contributed by atoms with Gasteiger partial charge in [0, 0.05) is 11.4 Å². The molecule has 0 spiro atoms. The van der Waals surface area contributed by atoms with Crippen LogP contribution in [0.5, 0.6) is 0 Å². The highest BCUT2D eigenvalue weighted by molar-refractivity contribution is 7.98. The van der Waals surface area contributed by atoms with Crippen molar-refractivity contribution in [3.05, 3.63) is 99.3 Å². The van der Waals surface area contributed by atoms with Crippen LogP contribution in [0.2, 0.25) is 10.0 Å². The Morgan fingerprint density at radius 2 is 1.66 bits per heavy atom. The van der Waals surface area contributed by atoms with E-state index in [0.717, 1.165) is 22.2 Å². The molecule has 0 saturated carbocycles. The fourth-order valence-corrected chi connectivity index (χ4v) is 5.06. The normalized spacial score (nSPS) is 11.8. The molecule has 0 aliphatic rings. The summed E-state index contributed by atoms with van der Waals surface area (Å²) in [4.78, 5) is 12.7. The van der Waals surface area contributed by atoms with Crippen molar-refractivity contribution in [2.75, 3.05) is 5.32 Å². The summed E-state index contributed by atoms with van der Waals surface area (Å²) in [6.07, 6.45) is 0. The molecule has 35 heavy (non-hydrogen) atoms. The van der Waals surface area contributed by atoms with Crippen LogP contribution in [0.1, 0.15) is 35.5 Å². The topological polar surface area (TPSA) is 71.8 Å². The third kappa shape index (κ3) is 5.99. The maximum Gasteiger partial charge on any atom is 0.319 e. The van der Waals surface area contributed by atoms with Crippen LogP contribution in [0.4, 0.5) is 10.5 Å². The largest absolute Gasteiger partial charge is 0.328 e. The number of nitrogens with one attached hydrogen (secondary N) is 2. The number of aryl methyl sites for hydroxylation is 2. The van der Waals surface area contributed by atoms with E-state index >= 15 is 0 Å². The number of anilines is 1. The van der Waals surface area contributed by atoms with E-state index in [1.54, 1.807) is 30.0 Å². The van der Waals surface area contributed by atoms with Gasteiger partial charge in [0.15, 0.2) is 11.0 Å². The van der Waals surface area contributed by atoms with Crippen LogP contribution in [-0.4, -0.2) is 20.8 Å². The van der Waals surface area contributed by atoms with Crippen LogP contribution in [-0.2, 0) is 5.75 Å². The summed E-state index contributed by atoms with van der Waals surface area (Å²) in [6, 6.07) is 20.6. The Bertz CT molecular complexity index is 1320. The Balaban J connectivity index is 1.59. The molecule has 4 rings (SSSR count). The lowest BCUT2D eigenvalue weighted by atomic mass is 10.1. The van der Waals surface area contributed by atoms with Gasteiger partial charge in [-0.05, 0) is 56.2 Å². The number of hydrogen-bond acceptors (Lipinski definition) is 4. The second kappa shape index (κ2) is 11.2. The molecule has 0 bridgehead atoms. The first-order valence-electron chi connectivity index (χ1n) is 11.0. The van der Waals surface area contributed by atoms with Gasteiger partial charge in [0.05, 0.1) is 21.8 Å². The molecule has 4 aromatic rings. The highest BCUT2D eigenvalue weighted by Crippen LogP contribution is 2.31. The van der Waals surface area contributed by atoms with Crippen molar-refractivity contribution in [1.82, 2.24) is 20.1 Å². The minimum absolute atomic E-state index is 0.356. The number of thioether (sulfide) groups is 1. The molecule has 2 N–H and O–H groups in total. The second-order valence-corrected chi connectivity index (χ2v) is 9.90. The fourth-order valence-electron chi connectivity index (χ4n) is 3.53. The van der Waals surface area contributed by atoms with E-state index in [9.17, 15) is 4.79 Å². The first-order chi connectivity index (χ1) is 16.8. The summed E-state index contributed by atoms with van der Waals surface area (Å²) < 4.78 is 1.98. The van der Waals surface area contributed by atoms with Gasteiger partial charge in [-0.1, -0.05) is 83.0 Å². The zero-order valence-corrected chi connectivity index (χ0v) is 21.9. The maximum absolute atomic E-state index is 12.7. The monoisotopic (exact) mass is 525 g/mol.